The minimum absolute atomic E-state index is 0.198. The molecule has 0 aliphatic heterocycles. The van der Waals surface area contributed by atoms with E-state index in [1.54, 1.807) is 0 Å². The van der Waals surface area contributed by atoms with E-state index < -0.39 is 11.5 Å². The molecule has 19 heavy (non-hydrogen) atoms. The van der Waals surface area contributed by atoms with Gasteiger partial charge in [-0.05, 0) is 59.9 Å². The average Bonchev–Trinajstić information content (AvgIpc) is 2.36. The van der Waals surface area contributed by atoms with E-state index in [1.165, 1.54) is 0 Å². The first-order valence-electron chi connectivity index (χ1n) is 7.55. The summed E-state index contributed by atoms with van der Waals surface area (Å²) in [6.45, 7) is 8.44. The van der Waals surface area contributed by atoms with Gasteiger partial charge in [0.25, 0.3) is 0 Å². The highest BCUT2D eigenvalue weighted by atomic mass is 16.4. The Kier molecular flexibility index (Phi) is 5.81. The third-order valence-electron chi connectivity index (χ3n) is 4.56. The van der Waals surface area contributed by atoms with Crippen molar-refractivity contribution in [2.75, 3.05) is 7.05 Å². The molecule has 4 heteroatoms. The molecule has 0 spiro atoms. The van der Waals surface area contributed by atoms with Gasteiger partial charge in [0.05, 0.1) is 0 Å². The van der Waals surface area contributed by atoms with E-state index in [9.17, 15) is 9.90 Å². The summed E-state index contributed by atoms with van der Waals surface area (Å²) in [5, 5.41) is 13.0. The molecule has 4 nitrogen and oxygen atoms in total. The van der Waals surface area contributed by atoms with Crippen LogP contribution in [-0.2, 0) is 4.79 Å². The monoisotopic (exact) mass is 270 g/mol. The Morgan fingerprint density at radius 1 is 1.47 bits per heavy atom. The van der Waals surface area contributed by atoms with Crippen LogP contribution in [0.5, 0.6) is 0 Å². The Labute approximate surface area is 117 Å². The number of nitrogens with one attached hydrogen (secondary N) is 1. The molecule has 0 radical (unpaired) electrons. The SMILES string of the molecule is CCC(C)N(C)C1CCCC(NC(C)C)(C(=O)O)C1. The van der Waals surface area contributed by atoms with Crippen LogP contribution >= 0.6 is 0 Å². The van der Waals surface area contributed by atoms with Crippen LogP contribution in [-0.4, -0.2) is 46.7 Å². The van der Waals surface area contributed by atoms with E-state index in [0.717, 1.165) is 25.7 Å². The van der Waals surface area contributed by atoms with Gasteiger partial charge in [-0.1, -0.05) is 6.92 Å². The molecule has 0 aromatic heterocycles. The van der Waals surface area contributed by atoms with Crippen molar-refractivity contribution in [1.29, 1.82) is 0 Å². The number of carboxylic acids is 1. The average molecular weight is 270 g/mol. The zero-order valence-electron chi connectivity index (χ0n) is 13.1. The van der Waals surface area contributed by atoms with E-state index in [2.05, 4.69) is 31.1 Å². The van der Waals surface area contributed by atoms with Crippen LogP contribution in [0.2, 0.25) is 0 Å². The van der Waals surface area contributed by atoms with Crippen molar-refractivity contribution in [3.05, 3.63) is 0 Å². The van der Waals surface area contributed by atoms with Gasteiger partial charge >= 0.3 is 5.97 Å². The first kappa shape index (κ1) is 16.4. The zero-order valence-corrected chi connectivity index (χ0v) is 13.1. The summed E-state index contributed by atoms with van der Waals surface area (Å²) in [7, 11) is 2.13. The molecule has 1 saturated carbocycles. The van der Waals surface area contributed by atoms with Gasteiger partial charge < -0.3 is 10.0 Å². The molecule has 3 unspecified atom stereocenters. The lowest BCUT2D eigenvalue weighted by atomic mass is 9.77. The summed E-state index contributed by atoms with van der Waals surface area (Å²) < 4.78 is 0. The molecule has 112 valence electrons. The van der Waals surface area contributed by atoms with Crippen molar-refractivity contribution >= 4 is 5.97 Å². The number of nitrogens with zero attached hydrogens (tertiary/aromatic N) is 1. The number of hydrogen-bond donors (Lipinski definition) is 2. The predicted molar refractivity (Wildman–Crippen MR) is 78.4 cm³/mol. The molecule has 0 aromatic rings. The van der Waals surface area contributed by atoms with Crippen LogP contribution in [0, 0.1) is 0 Å². The van der Waals surface area contributed by atoms with Crippen LogP contribution < -0.4 is 5.32 Å². The van der Waals surface area contributed by atoms with Crippen molar-refractivity contribution in [3.63, 3.8) is 0 Å². The van der Waals surface area contributed by atoms with Crippen LogP contribution in [0.25, 0.3) is 0 Å². The maximum Gasteiger partial charge on any atom is 0.323 e. The highest BCUT2D eigenvalue weighted by Crippen LogP contribution is 2.32. The highest BCUT2D eigenvalue weighted by Gasteiger charge is 2.44. The Hall–Kier alpha value is -0.610. The van der Waals surface area contributed by atoms with Crippen molar-refractivity contribution in [1.82, 2.24) is 10.2 Å². The quantitative estimate of drug-likeness (QED) is 0.778. The van der Waals surface area contributed by atoms with Gasteiger partial charge in [-0.25, -0.2) is 0 Å². The van der Waals surface area contributed by atoms with Gasteiger partial charge in [0, 0.05) is 18.1 Å². The smallest absolute Gasteiger partial charge is 0.323 e. The fourth-order valence-corrected chi connectivity index (χ4v) is 3.18. The summed E-state index contributed by atoms with van der Waals surface area (Å²) in [6.07, 6.45) is 4.64. The first-order chi connectivity index (χ1) is 8.82. The molecule has 0 bridgehead atoms. The maximum atomic E-state index is 11.7. The summed E-state index contributed by atoms with van der Waals surface area (Å²) >= 11 is 0. The van der Waals surface area contributed by atoms with Crippen LogP contribution in [0.3, 0.4) is 0 Å². The second kappa shape index (κ2) is 6.71. The second-order valence-electron chi connectivity index (χ2n) is 6.36. The Morgan fingerprint density at radius 3 is 2.58 bits per heavy atom. The van der Waals surface area contributed by atoms with Gasteiger partial charge in [-0.3, -0.25) is 10.1 Å². The highest BCUT2D eigenvalue weighted by molar-refractivity contribution is 5.79. The largest absolute Gasteiger partial charge is 0.480 e. The third kappa shape index (κ3) is 3.93. The Balaban J connectivity index is 2.82. The molecule has 1 rings (SSSR count). The van der Waals surface area contributed by atoms with Crippen LogP contribution in [0.15, 0.2) is 0 Å². The van der Waals surface area contributed by atoms with Crippen molar-refractivity contribution in [2.45, 2.75) is 83.5 Å². The molecule has 0 saturated heterocycles. The molecule has 2 N–H and O–H groups in total. The number of aliphatic carboxylic acids is 1. The standard InChI is InChI=1S/C15H30N2O2/c1-6-12(4)17(5)13-8-7-9-15(10-13,14(18)19)16-11(2)3/h11-13,16H,6-10H2,1-5H3,(H,18,19). The minimum Gasteiger partial charge on any atom is -0.480 e. The Morgan fingerprint density at radius 2 is 2.11 bits per heavy atom. The first-order valence-corrected chi connectivity index (χ1v) is 7.55. The molecule has 3 atom stereocenters. The van der Waals surface area contributed by atoms with Crippen molar-refractivity contribution in [2.24, 2.45) is 0 Å². The van der Waals surface area contributed by atoms with Gasteiger partial charge in [0.2, 0.25) is 0 Å². The normalized spacial score (nSPS) is 29.7. The maximum absolute atomic E-state index is 11.7. The molecule has 0 amide bonds. The molecule has 1 fully saturated rings. The zero-order chi connectivity index (χ0) is 14.6. The van der Waals surface area contributed by atoms with Gasteiger partial charge in [0.1, 0.15) is 5.54 Å². The van der Waals surface area contributed by atoms with E-state index in [1.807, 2.05) is 13.8 Å². The number of rotatable bonds is 6. The lowest BCUT2D eigenvalue weighted by Crippen LogP contribution is -2.60. The van der Waals surface area contributed by atoms with E-state index in [0.29, 0.717) is 18.5 Å². The van der Waals surface area contributed by atoms with Gasteiger partial charge in [0.15, 0.2) is 0 Å². The van der Waals surface area contributed by atoms with E-state index in [-0.39, 0.29) is 6.04 Å². The molecular formula is C15H30N2O2. The molecule has 0 heterocycles. The van der Waals surface area contributed by atoms with Crippen LogP contribution in [0.1, 0.15) is 59.8 Å². The molecule has 0 aromatic carbocycles. The fourth-order valence-electron chi connectivity index (χ4n) is 3.18. The molecular weight excluding hydrogens is 240 g/mol. The number of hydrogen-bond acceptors (Lipinski definition) is 3. The molecule has 1 aliphatic rings. The lowest BCUT2D eigenvalue weighted by molar-refractivity contribution is -0.148. The number of carbonyl (C=O) groups is 1. The van der Waals surface area contributed by atoms with Gasteiger partial charge in [-0.2, -0.15) is 0 Å². The third-order valence-corrected chi connectivity index (χ3v) is 4.56. The summed E-state index contributed by atoms with van der Waals surface area (Å²) in [5.41, 5.74) is -0.737. The van der Waals surface area contributed by atoms with Crippen molar-refractivity contribution < 1.29 is 9.90 Å². The second-order valence-corrected chi connectivity index (χ2v) is 6.36. The number of carboxylic acid groups (broad SMARTS) is 1. The summed E-state index contributed by atoms with van der Waals surface area (Å²) in [4.78, 5) is 14.1. The fraction of sp³-hybridized carbons (Fsp3) is 0.933. The van der Waals surface area contributed by atoms with Crippen LogP contribution in [0.4, 0.5) is 0 Å². The van der Waals surface area contributed by atoms with Gasteiger partial charge in [-0.15, -0.1) is 0 Å². The lowest BCUT2D eigenvalue weighted by Gasteiger charge is -2.44. The predicted octanol–water partition coefficient (Wildman–Crippen LogP) is 2.48. The summed E-state index contributed by atoms with van der Waals surface area (Å²) in [6, 6.07) is 1.07. The minimum atomic E-state index is -0.737. The van der Waals surface area contributed by atoms with E-state index in [4.69, 9.17) is 0 Å². The Bertz CT molecular complexity index is 307. The van der Waals surface area contributed by atoms with E-state index >= 15 is 0 Å². The summed E-state index contributed by atoms with van der Waals surface area (Å²) in [5.74, 6) is -0.691. The topological polar surface area (TPSA) is 52.6 Å². The molecule has 1 aliphatic carbocycles. The van der Waals surface area contributed by atoms with Crippen molar-refractivity contribution in [3.8, 4) is 0 Å².